The van der Waals surface area contributed by atoms with Crippen molar-refractivity contribution in [3.63, 3.8) is 0 Å². The number of carbonyl (C=O) groups is 1. The van der Waals surface area contributed by atoms with Gasteiger partial charge in [-0.05, 0) is 42.2 Å². The Morgan fingerprint density at radius 1 is 1.08 bits per heavy atom. The molecule has 0 bridgehead atoms. The van der Waals surface area contributed by atoms with Crippen LogP contribution in [-0.4, -0.2) is 17.6 Å². The summed E-state index contributed by atoms with van der Waals surface area (Å²) in [6.07, 6.45) is 5.96. The van der Waals surface area contributed by atoms with Gasteiger partial charge >= 0.3 is 0 Å². The first-order valence-electron chi connectivity index (χ1n) is 8.18. The van der Waals surface area contributed by atoms with Crippen LogP contribution in [-0.2, 0) is 4.79 Å². The van der Waals surface area contributed by atoms with Crippen molar-refractivity contribution in [3.8, 4) is 11.5 Å². The van der Waals surface area contributed by atoms with Gasteiger partial charge < -0.3 is 14.8 Å². The average Bonchev–Trinajstić information content (AvgIpc) is 3.06. The van der Waals surface area contributed by atoms with Crippen molar-refractivity contribution < 1.29 is 14.3 Å². The van der Waals surface area contributed by atoms with E-state index in [0.29, 0.717) is 6.42 Å². The zero-order valence-corrected chi connectivity index (χ0v) is 13.0. The minimum Gasteiger partial charge on any atom is -0.454 e. The fourth-order valence-electron chi connectivity index (χ4n) is 3.85. The van der Waals surface area contributed by atoms with E-state index in [2.05, 4.69) is 10.3 Å². The molecule has 2 aromatic rings. The molecule has 5 nitrogen and oxygen atoms in total. The van der Waals surface area contributed by atoms with E-state index in [1.165, 1.54) is 0 Å². The Morgan fingerprint density at radius 3 is 2.71 bits per heavy atom. The van der Waals surface area contributed by atoms with Gasteiger partial charge in [0.05, 0.1) is 0 Å². The lowest BCUT2D eigenvalue weighted by molar-refractivity contribution is -0.116. The number of ether oxygens (including phenoxy) is 2. The molecule has 1 atom stereocenters. The van der Waals surface area contributed by atoms with E-state index < -0.39 is 0 Å². The van der Waals surface area contributed by atoms with Gasteiger partial charge in [-0.15, -0.1) is 0 Å². The highest BCUT2D eigenvalue weighted by atomic mass is 16.7. The number of Topliss-reactive ketones (excluding diaryl/α,β-unsaturated/α-hetero) is 1. The number of aromatic nitrogens is 1. The number of nitrogens with one attached hydrogen (secondary N) is 1. The predicted octanol–water partition coefficient (Wildman–Crippen LogP) is 3.37. The maximum Gasteiger partial charge on any atom is 0.231 e. The summed E-state index contributed by atoms with van der Waals surface area (Å²) in [4.78, 5) is 16.8. The van der Waals surface area contributed by atoms with E-state index in [1.54, 1.807) is 12.4 Å². The van der Waals surface area contributed by atoms with Crippen molar-refractivity contribution in [1.82, 2.24) is 4.98 Å². The lowest BCUT2D eigenvalue weighted by Crippen LogP contribution is -2.26. The SMILES string of the molecule is O=C1CCCC2=C1C(c1ccncc1)c1cc3c(cc1N2)OCO3. The van der Waals surface area contributed by atoms with Crippen LogP contribution in [0.15, 0.2) is 47.9 Å². The Hall–Kier alpha value is -2.82. The van der Waals surface area contributed by atoms with Crippen LogP contribution in [0.4, 0.5) is 5.69 Å². The van der Waals surface area contributed by atoms with E-state index >= 15 is 0 Å². The van der Waals surface area contributed by atoms with E-state index in [-0.39, 0.29) is 18.5 Å². The number of benzene rings is 1. The van der Waals surface area contributed by atoms with E-state index in [9.17, 15) is 4.79 Å². The van der Waals surface area contributed by atoms with Crippen LogP contribution in [0.3, 0.4) is 0 Å². The van der Waals surface area contributed by atoms with Crippen LogP contribution in [0, 0.1) is 0 Å². The number of anilines is 1. The third-order valence-electron chi connectivity index (χ3n) is 4.93. The minimum atomic E-state index is -0.0819. The molecule has 0 fully saturated rings. The molecule has 5 rings (SSSR count). The summed E-state index contributed by atoms with van der Waals surface area (Å²) in [5.74, 6) is 1.64. The smallest absolute Gasteiger partial charge is 0.231 e. The number of fused-ring (bicyclic) bond motifs is 2. The van der Waals surface area contributed by atoms with Crippen LogP contribution < -0.4 is 14.8 Å². The number of hydrogen-bond donors (Lipinski definition) is 1. The molecule has 1 aromatic heterocycles. The maximum atomic E-state index is 12.7. The number of rotatable bonds is 1. The summed E-state index contributed by atoms with van der Waals surface area (Å²) in [6, 6.07) is 7.95. The molecule has 1 unspecified atom stereocenters. The third kappa shape index (κ3) is 1.94. The van der Waals surface area contributed by atoms with Gasteiger partial charge in [0.25, 0.3) is 0 Å². The highest BCUT2D eigenvalue weighted by molar-refractivity contribution is 6.01. The van der Waals surface area contributed by atoms with Crippen LogP contribution >= 0.6 is 0 Å². The lowest BCUT2D eigenvalue weighted by Gasteiger charge is -2.34. The van der Waals surface area contributed by atoms with E-state index in [0.717, 1.165) is 52.4 Å². The standard InChI is InChI=1S/C19H16N2O3/c22-15-3-1-2-13-19(15)18(11-4-6-20-7-5-11)12-8-16-17(24-10-23-16)9-14(12)21-13/h4-9,18,21H,1-3,10H2. The summed E-state index contributed by atoms with van der Waals surface area (Å²) in [5, 5.41) is 3.47. The number of pyridine rings is 1. The Morgan fingerprint density at radius 2 is 1.88 bits per heavy atom. The molecular formula is C19H16N2O3. The van der Waals surface area contributed by atoms with Crippen molar-refractivity contribution in [2.75, 3.05) is 12.1 Å². The van der Waals surface area contributed by atoms with Gasteiger partial charge in [0, 0.05) is 47.8 Å². The molecule has 1 aromatic carbocycles. The highest BCUT2D eigenvalue weighted by Gasteiger charge is 2.36. The summed E-state index contributed by atoms with van der Waals surface area (Å²) in [6.45, 7) is 0.240. The zero-order valence-electron chi connectivity index (χ0n) is 13.0. The molecule has 0 saturated carbocycles. The Labute approximate surface area is 139 Å². The second-order valence-electron chi connectivity index (χ2n) is 6.30. The van der Waals surface area contributed by atoms with Gasteiger partial charge in [0.1, 0.15) is 0 Å². The van der Waals surface area contributed by atoms with Crippen LogP contribution in [0.25, 0.3) is 0 Å². The average molecular weight is 320 g/mol. The zero-order chi connectivity index (χ0) is 16.1. The van der Waals surface area contributed by atoms with Crippen molar-refractivity contribution >= 4 is 11.5 Å². The van der Waals surface area contributed by atoms with E-state index in [1.807, 2.05) is 24.3 Å². The van der Waals surface area contributed by atoms with Crippen molar-refractivity contribution in [2.24, 2.45) is 0 Å². The molecule has 2 aliphatic heterocycles. The number of allylic oxidation sites excluding steroid dienone is 2. The van der Waals surface area contributed by atoms with Crippen molar-refractivity contribution in [1.29, 1.82) is 0 Å². The predicted molar refractivity (Wildman–Crippen MR) is 88.2 cm³/mol. The van der Waals surface area contributed by atoms with Crippen LogP contribution in [0.2, 0.25) is 0 Å². The quantitative estimate of drug-likeness (QED) is 0.873. The second-order valence-corrected chi connectivity index (χ2v) is 6.30. The number of nitrogens with zero attached hydrogens (tertiary/aromatic N) is 1. The highest BCUT2D eigenvalue weighted by Crippen LogP contribution is 2.49. The van der Waals surface area contributed by atoms with Crippen LogP contribution in [0.1, 0.15) is 36.3 Å². The fraction of sp³-hybridized carbons (Fsp3) is 0.263. The molecule has 0 radical (unpaired) electrons. The maximum absolute atomic E-state index is 12.7. The molecule has 1 N–H and O–H groups in total. The topological polar surface area (TPSA) is 60.5 Å². The second kappa shape index (κ2) is 5.09. The molecule has 0 spiro atoms. The first-order chi connectivity index (χ1) is 11.8. The number of carbonyl (C=O) groups excluding carboxylic acids is 1. The van der Waals surface area contributed by atoms with Gasteiger partial charge in [0.15, 0.2) is 17.3 Å². The third-order valence-corrected chi connectivity index (χ3v) is 4.93. The molecule has 1 aliphatic carbocycles. The number of hydrogen-bond acceptors (Lipinski definition) is 5. The molecule has 3 aliphatic rings. The van der Waals surface area contributed by atoms with E-state index in [4.69, 9.17) is 9.47 Å². The Balaban J connectivity index is 1.74. The normalized spacial score (nSPS) is 21.2. The Kier molecular flexibility index (Phi) is 2.89. The lowest BCUT2D eigenvalue weighted by atomic mass is 9.75. The molecule has 0 amide bonds. The fourth-order valence-corrected chi connectivity index (χ4v) is 3.85. The molecule has 24 heavy (non-hydrogen) atoms. The summed E-state index contributed by atoms with van der Waals surface area (Å²) < 4.78 is 11.1. The van der Waals surface area contributed by atoms with Crippen LogP contribution in [0.5, 0.6) is 11.5 Å². The van der Waals surface area contributed by atoms with Gasteiger partial charge in [-0.1, -0.05) is 0 Å². The minimum absolute atomic E-state index is 0.0819. The van der Waals surface area contributed by atoms with Gasteiger partial charge in [-0.2, -0.15) is 0 Å². The van der Waals surface area contributed by atoms with Gasteiger partial charge in [-0.3, -0.25) is 9.78 Å². The molecule has 5 heteroatoms. The summed E-state index contributed by atoms with van der Waals surface area (Å²) in [5.41, 5.74) is 5.06. The number of ketones is 1. The first-order valence-corrected chi connectivity index (χ1v) is 8.18. The molecule has 3 heterocycles. The van der Waals surface area contributed by atoms with Gasteiger partial charge in [-0.25, -0.2) is 0 Å². The largest absolute Gasteiger partial charge is 0.454 e. The molecule has 0 saturated heterocycles. The molecule has 120 valence electrons. The first kappa shape index (κ1) is 13.6. The summed E-state index contributed by atoms with van der Waals surface area (Å²) >= 11 is 0. The monoisotopic (exact) mass is 320 g/mol. The summed E-state index contributed by atoms with van der Waals surface area (Å²) in [7, 11) is 0. The van der Waals surface area contributed by atoms with Crippen molar-refractivity contribution in [3.05, 3.63) is 59.1 Å². The Bertz CT molecular complexity index is 874. The molecular weight excluding hydrogens is 304 g/mol. The van der Waals surface area contributed by atoms with Crippen molar-refractivity contribution in [2.45, 2.75) is 25.2 Å². The van der Waals surface area contributed by atoms with Gasteiger partial charge in [0.2, 0.25) is 6.79 Å².